The number of rotatable bonds is 4. The summed E-state index contributed by atoms with van der Waals surface area (Å²) in [6.45, 7) is 0.0601. The van der Waals surface area contributed by atoms with Crippen LogP contribution in [0.4, 0.5) is 13.2 Å². The predicted molar refractivity (Wildman–Crippen MR) is 77.3 cm³/mol. The molecule has 0 fully saturated rings. The van der Waals surface area contributed by atoms with Gasteiger partial charge in [0.15, 0.2) is 5.75 Å². The van der Waals surface area contributed by atoms with E-state index in [4.69, 9.17) is 0 Å². The lowest BCUT2D eigenvalue weighted by Crippen LogP contribution is -2.30. The van der Waals surface area contributed by atoms with Crippen molar-refractivity contribution < 1.29 is 25.8 Å². The average Bonchev–Trinajstić information content (AvgIpc) is 2.47. The molecule has 2 rings (SSSR count). The lowest BCUT2D eigenvalue weighted by Gasteiger charge is -2.11. The number of nitrogens with zero attached hydrogens (tertiary/aromatic N) is 2. The van der Waals surface area contributed by atoms with E-state index in [0.29, 0.717) is 0 Å². The van der Waals surface area contributed by atoms with Crippen molar-refractivity contribution in [3.05, 3.63) is 56.9 Å². The van der Waals surface area contributed by atoms with Crippen molar-refractivity contribution >= 4 is 26.0 Å². The average molecular weight is 413 g/mol. The molecule has 11 heteroatoms. The third-order valence-electron chi connectivity index (χ3n) is 2.61. The fraction of sp³-hybridized carbons (Fsp3) is 0.167. The maximum Gasteiger partial charge on any atom is 0.534 e. The van der Waals surface area contributed by atoms with Crippen molar-refractivity contribution in [1.82, 2.24) is 9.78 Å². The lowest BCUT2D eigenvalue weighted by atomic mass is 10.2. The van der Waals surface area contributed by atoms with Gasteiger partial charge in [0.05, 0.1) is 12.7 Å². The fourth-order valence-corrected chi connectivity index (χ4v) is 2.49. The Kier molecular flexibility index (Phi) is 4.80. The number of alkyl halides is 3. The first-order valence-electron chi connectivity index (χ1n) is 5.92. The van der Waals surface area contributed by atoms with Crippen LogP contribution in [0.3, 0.4) is 0 Å². The first-order chi connectivity index (χ1) is 10.6. The van der Waals surface area contributed by atoms with Crippen molar-refractivity contribution in [3.63, 3.8) is 0 Å². The quantitative estimate of drug-likeness (QED) is 0.568. The van der Waals surface area contributed by atoms with Crippen LogP contribution in [0.5, 0.6) is 5.75 Å². The molecule has 1 aromatic carbocycles. The van der Waals surface area contributed by atoms with Gasteiger partial charge in [0.25, 0.3) is 5.56 Å². The summed E-state index contributed by atoms with van der Waals surface area (Å²) in [5.74, 6) is -0.836. The smallest absolute Gasteiger partial charge is 0.373 e. The highest BCUT2D eigenvalue weighted by molar-refractivity contribution is 9.10. The molecule has 0 saturated carbocycles. The van der Waals surface area contributed by atoms with Gasteiger partial charge in [-0.15, -0.1) is 0 Å². The SMILES string of the molecule is O=c1c(Br)c(OS(=O)(=O)C(F)(F)F)cnn1Cc1ccccc1. The molecule has 1 aromatic heterocycles. The Morgan fingerprint density at radius 1 is 1.22 bits per heavy atom. The molecular formula is C12H8BrF3N2O4S. The summed E-state index contributed by atoms with van der Waals surface area (Å²) in [6.07, 6.45) is 0.720. The zero-order valence-electron chi connectivity index (χ0n) is 11.1. The molecule has 0 spiro atoms. The van der Waals surface area contributed by atoms with Crippen LogP contribution in [0.2, 0.25) is 0 Å². The molecule has 0 unspecified atom stereocenters. The summed E-state index contributed by atoms with van der Waals surface area (Å²) in [5.41, 5.74) is -5.71. The molecule has 0 aliphatic heterocycles. The van der Waals surface area contributed by atoms with Crippen LogP contribution in [0.25, 0.3) is 0 Å². The van der Waals surface area contributed by atoms with Gasteiger partial charge >= 0.3 is 15.6 Å². The van der Waals surface area contributed by atoms with Gasteiger partial charge in [-0.05, 0) is 21.5 Å². The highest BCUT2D eigenvalue weighted by Crippen LogP contribution is 2.29. The Morgan fingerprint density at radius 2 is 1.83 bits per heavy atom. The first kappa shape index (κ1) is 17.5. The van der Waals surface area contributed by atoms with Gasteiger partial charge < -0.3 is 4.18 Å². The van der Waals surface area contributed by atoms with Gasteiger partial charge in [-0.25, -0.2) is 4.68 Å². The molecule has 23 heavy (non-hydrogen) atoms. The summed E-state index contributed by atoms with van der Waals surface area (Å²) in [5, 5.41) is 3.62. The van der Waals surface area contributed by atoms with E-state index >= 15 is 0 Å². The zero-order valence-corrected chi connectivity index (χ0v) is 13.5. The van der Waals surface area contributed by atoms with Gasteiger partial charge in [-0.2, -0.15) is 26.7 Å². The highest BCUT2D eigenvalue weighted by atomic mass is 79.9. The van der Waals surface area contributed by atoms with Gasteiger partial charge in [-0.3, -0.25) is 4.79 Å². The second kappa shape index (κ2) is 6.32. The fourth-order valence-electron chi connectivity index (χ4n) is 1.54. The van der Waals surface area contributed by atoms with Crippen molar-refractivity contribution in [2.45, 2.75) is 12.1 Å². The molecule has 0 N–H and O–H groups in total. The maximum atomic E-state index is 12.3. The molecule has 0 atom stereocenters. The van der Waals surface area contributed by atoms with Crippen LogP contribution in [-0.4, -0.2) is 23.7 Å². The van der Waals surface area contributed by atoms with Gasteiger partial charge in [0, 0.05) is 0 Å². The molecule has 0 aliphatic carbocycles. The van der Waals surface area contributed by atoms with E-state index in [-0.39, 0.29) is 6.54 Å². The minimum absolute atomic E-state index is 0.0601. The number of benzene rings is 1. The van der Waals surface area contributed by atoms with E-state index in [1.807, 2.05) is 0 Å². The second-order valence-electron chi connectivity index (χ2n) is 4.25. The molecule has 0 saturated heterocycles. The Morgan fingerprint density at radius 3 is 2.39 bits per heavy atom. The molecule has 1 heterocycles. The van der Waals surface area contributed by atoms with Gasteiger partial charge in [0.2, 0.25) is 0 Å². The van der Waals surface area contributed by atoms with Crippen molar-refractivity contribution in [2.24, 2.45) is 0 Å². The summed E-state index contributed by atoms with van der Waals surface area (Å²) >= 11 is 2.73. The van der Waals surface area contributed by atoms with Crippen LogP contribution in [-0.2, 0) is 16.7 Å². The maximum absolute atomic E-state index is 12.3. The number of aromatic nitrogens is 2. The highest BCUT2D eigenvalue weighted by Gasteiger charge is 2.49. The van der Waals surface area contributed by atoms with Crippen LogP contribution in [0, 0.1) is 0 Å². The van der Waals surface area contributed by atoms with E-state index in [1.54, 1.807) is 30.3 Å². The van der Waals surface area contributed by atoms with Crippen molar-refractivity contribution in [2.75, 3.05) is 0 Å². The van der Waals surface area contributed by atoms with Crippen LogP contribution < -0.4 is 9.74 Å². The van der Waals surface area contributed by atoms with Crippen molar-refractivity contribution in [1.29, 1.82) is 0 Å². The van der Waals surface area contributed by atoms with Crippen molar-refractivity contribution in [3.8, 4) is 5.75 Å². The molecule has 0 radical (unpaired) electrons. The Bertz CT molecular complexity index is 866. The van der Waals surface area contributed by atoms with E-state index in [9.17, 15) is 26.4 Å². The first-order valence-corrected chi connectivity index (χ1v) is 8.12. The summed E-state index contributed by atoms with van der Waals surface area (Å²) in [4.78, 5) is 12.0. The number of hydrogen-bond donors (Lipinski definition) is 0. The van der Waals surface area contributed by atoms with E-state index < -0.39 is 31.4 Å². The minimum Gasteiger partial charge on any atom is -0.373 e. The van der Waals surface area contributed by atoms with Gasteiger partial charge in [-0.1, -0.05) is 30.3 Å². The number of hydrogen-bond acceptors (Lipinski definition) is 5. The van der Waals surface area contributed by atoms with Crippen LogP contribution >= 0.6 is 15.9 Å². The summed E-state index contributed by atoms with van der Waals surface area (Å²) in [7, 11) is -5.88. The zero-order chi connectivity index (χ0) is 17.3. The van der Waals surface area contributed by atoms with E-state index in [2.05, 4.69) is 25.2 Å². The summed E-state index contributed by atoms with van der Waals surface area (Å²) in [6, 6.07) is 8.70. The largest absolute Gasteiger partial charge is 0.534 e. The topological polar surface area (TPSA) is 78.3 Å². The Balaban J connectivity index is 2.34. The molecular weight excluding hydrogens is 405 g/mol. The third-order valence-corrected chi connectivity index (χ3v) is 4.31. The van der Waals surface area contributed by atoms with Gasteiger partial charge in [0.1, 0.15) is 4.47 Å². The van der Waals surface area contributed by atoms with Crippen LogP contribution in [0.1, 0.15) is 5.56 Å². The molecule has 2 aromatic rings. The Labute approximate surface area is 136 Å². The molecule has 0 bridgehead atoms. The molecule has 6 nitrogen and oxygen atoms in total. The normalized spacial score (nSPS) is 12.2. The molecule has 0 aliphatic rings. The second-order valence-corrected chi connectivity index (χ2v) is 6.59. The van der Waals surface area contributed by atoms with E-state index in [1.165, 1.54) is 0 Å². The van der Waals surface area contributed by atoms with E-state index in [0.717, 1.165) is 16.4 Å². The summed E-state index contributed by atoms with van der Waals surface area (Å²) < 4.78 is 63.2. The standard InChI is InChI=1S/C12H8BrF3N2O4S/c13-10-9(22-23(20,21)12(14,15)16)6-17-18(11(10)19)7-8-4-2-1-3-5-8/h1-6H,7H2. The minimum atomic E-state index is -5.88. The Hall–Kier alpha value is -1.88. The van der Waals surface area contributed by atoms with Crippen LogP contribution in [0.15, 0.2) is 45.8 Å². The lowest BCUT2D eigenvalue weighted by molar-refractivity contribution is -0.0500. The molecule has 0 amide bonds. The predicted octanol–water partition coefficient (Wildman–Crippen LogP) is 2.28. The molecule has 124 valence electrons. The third kappa shape index (κ3) is 3.91. The number of halogens is 4. The monoisotopic (exact) mass is 412 g/mol.